The summed E-state index contributed by atoms with van der Waals surface area (Å²) < 4.78 is 0. The minimum atomic E-state index is 0.818. The fourth-order valence-electron chi connectivity index (χ4n) is 1.27. The molecule has 1 aliphatic rings. The van der Waals surface area contributed by atoms with Crippen LogP contribution in [-0.4, -0.2) is 6.67 Å². The molecule has 0 bridgehead atoms. The van der Waals surface area contributed by atoms with Crippen molar-refractivity contribution in [2.24, 2.45) is 0 Å². The maximum Gasteiger partial charge on any atom is 0.0655 e. The zero-order valence-electron chi connectivity index (χ0n) is 6.22. The van der Waals surface area contributed by atoms with Gasteiger partial charge in [-0.2, -0.15) is 0 Å². The molecule has 4 N–H and O–H groups in total. The molecule has 0 aliphatic carbocycles. The number of fused-ring (bicyclic) bond motifs is 1. The first-order valence-corrected chi connectivity index (χ1v) is 3.69. The van der Waals surface area contributed by atoms with Crippen molar-refractivity contribution in [2.45, 2.75) is 6.54 Å². The molecule has 58 valence electrons. The van der Waals surface area contributed by atoms with Crippen LogP contribution >= 0.6 is 0 Å². The van der Waals surface area contributed by atoms with E-state index in [2.05, 4.69) is 10.6 Å². The smallest absolute Gasteiger partial charge is 0.0655 e. The van der Waals surface area contributed by atoms with Crippen LogP contribution in [0.3, 0.4) is 0 Å². The number of benzene rings is 1. The standard InChI is InChI=1S/C8H11N3/c9-7-2-1-6-4-10-5-11-8(6)3-7/h1-3,10-11H,4-5,9H2. The molecule has 0 aromatic heterocycles. The predicted octanol–water partition coefficient (Wildman–Crippen LogP) is 0.741. The second-order valence-corrected chi connectivity index (χ2v) is 2.70. The van der Waals surface area contributed by atoms with Crippen LogP contribution in [0.25, 0.3) is 0 Å². The van der Waals surface area contributed by atoms with E-state index >= 15 is 0 Å². The van der Waals surface area contributed by atoms with Gasteiger partial charge in [0.15, 0.2) is 0 Å². The fourth-order valence-corrected chi connectivity index (χ4v) is 1.27. The lowest BCUT2D eigenvalue weighted by atomic mass is 10.1. The maximum absolute atomic E-state index is 5.62. The number of hydrogen-bond acceptors (Lipinski definition) is 3. The van der Waals surface area contributed by atoms with Crippen LogP contribution in [0.1, 0.15) is 5.56 Å². The third-order valence-electron chi connectivity index (χ3n) is 1.85. The lowest BCUT2D eigenvalue weighted by Gasteiger charge is -2.18. The highest BCUT2D eigenvalue weighted by Gasteiger charge is 2.05. The van der Waals surface area contributed by atoms with Crippen LogP contribution < -0.4 is 16.4 Å². The molecule has 3 heteroatoms. The molecule has 0 saturated carbocycles. The van der Waals surface area contributed by atoms with Gasteiger partial charge in [-0.1, -0.05) is 6.07 Å². The van der Waals surface area contributed by atoms with E-state index in [0.717, 1.165) is 24.6 Å². The number of nitrogens with two attached hydrogens (primary N) is 1. The first-order chi connectivity index (χ1) is 5.36. The second-order valence-electron chi connectivity index (χ2n) is 2.70. The predicted molar refractivity (Wildman–Crippen MR) is 46.2 cm³/mol. The summed E-state index contributed by atoms with van der Waals surface area (Å²) in [5.74, 6) is 0. The number of hydrogen-bond donors (Lipinski definition) is 3. The Morgan fingerprint density at radius 2 is 2.27 bits per heavy atom. The van der Waals surface area contributed by atoms with E-state index in [9.17, 15) is 0 Å². The quantitative estimate of drug-likeness (QED) is 0.477. The molecule has 1 aromatic rings. The van der Waals surface area contributed by atoms with Gasteiger partial charge >= 0.3 is 0 Å². The first kappa shape index (κ1) is 6.49. The topological polar surface area (TPSA) is 50.1 Å². The molecule has 3 nitrogen and oxygen atoms in total. The van der Waals surface area contributed by atoms with Gasteiger partial charge in [-0.3, -0.25) is 5.32 Å². The Labute approximate surface area is 65.6 Å². The molecule has 0 saturated heterocycles. The third kappa shape index (κ3) is 1.14. The van der Waals surface area contributed by atoms with E-state index in [-0.39, 0.29) is 0 Å². The van der Waals surface area contributed by atoms with Crippen molar-refractivity contribution >= 4 is 11.4 Å². The number of anilines is 2. The summed E-state index contributed by atoms with van der Waals surface area (Å²) in [5, 5.41) is 6.42. The largest absolute Gasteiger partial charge is 0.399 e. The van der Waals surface area contributed by atoms with E-state index in [1.807, 2.05) is 18.2 Å². The van der Waals surface area contributed by atoms with Gasteiger partial charge in [0.2, 0.25) is 0 Å². The van der Waals surface area contributed by atoms with E-state index in [0.29, 0.717) is 0 Å². The minimum absolute atomic E-state index is 0.818. The molecule has 1 aliphatic heterocycles. The zero-order valence-corrected chi connectivity index (χ0v) is 6.22. The SMILES string of the molecule is Nc1ccc2c(c1)NCNC2. The minimum Gasteiger partial charge on any atom is -0.399 e. The van der Waals surface area contributed by atoms with Crippen LogP contribution in [0, 0.1) is 0 Å². The van der Waals surface area contributed by atoms with Crippen molar-refractivity contribution in [1.29, 1.82) is 0 Å². The molecule has 1 heterocycles. The number of nitrogens with one attached hydrogen (secondary N) is 2. The Morgan fingerprint density at radius 3 is 3.18 bits per heavy atom. The van der Waals surface area contributed by atoms with E-state index in [1.165, 1.54) is 5.56 Å². The van der Waals surface area contributed by atoms with Crippen molar-refractivity contribution in [1.82, 2.24) is 5.32 Å². The average molecular weight is 149 g/mol. The molecule has 0 atom stereocenters. The van der Waals surface area contributed by atoms with Crippen LogP contribution in [0.15, 0.2) is 18.2 Å². The lowest BCUT2D eigenvalue weighted by Crippen LogP contribution is -2.27. The molecule has 2 rings (SSSR count). The summed E-state index contributed by atoms with van der Waals surface area (Å²) in [4.78, 5) is 0. The van der Waals surface area contributed by atoms with E-state index in [4.69, 9.17) is 5.73 Å². The molecular formula is C8H11N3. The van der Waals surface area contributed by atoms with E-state index < -0.39 is 0 Å². The van der Waals surface area contributed by atoms with Gasteiger partial charge in [-0.15, -0.1) is 0 Å². The highest BCUT2D eigenvalue weighted by molar-refractivity contribution is 5.60. The van der Waals surface area contributed by atoms with Crippen LogP contribution in [0.4, 0.5) is 11.4 Å². The summed E-state index contributed by atoms with van der Waals surface area (Å²) in [5.41, 5.74) is 8.88. The molecule has 0 fully saturated rings. The monoisotopic (exact) mass is 149 g/mol. The molecule has 0 amide bonds. The third-order valence-corrected chi connectivity index (χ3v) is 1.85. The van der Waals surface area contributed by atoms with Crippen LogP contribution in [0.2, 0.25) is 0 Å². The van der Waals surface area contributed by atoms with Gasteiger partial charge in [-0.05, 0) is 17.7 Å². The van der Waals surface area contributed by atoms with Gasteiger partial charge in [0.25, 0.3) is 0 Å². The molecule has 0 radical (unpaired) electrons. The van der Waals surface area contributed by atoms with Gasteiger partial charge in [-0.25, -0.2) is 0 Å². The molecule has 11 heavy (non-hydrogen) atoms. The Morgan fingerprint density at radius 1 is 1.36 bits per heavy atom. The number of nitrogen functional groups attached to an aromatic ring is 1. The Hall–Kier alpha value is -1.22. The summed E-state index contributed by atoms with van der Waals surface area (Å²) >= 11 is 0. The summed E-state index contributed by atoms with van der Waals surface area (Å²) in [7, 11) is 0. The van der Waals surface area contributed by atoms with Gasteiger partial charge in [0.05, 0.1) is 6.67 Å². The summed E-state index contributed by atoms with van der Waals surface area (Å²) in [6.07, 6.45) is 0. The average Bonchev–Trinajstić information content (AvgIpc) is 2.04. The maximum atomic E-state index is 5.62. The molecule has 1 aromatic carbocycles. The normalized spacial score (nSPS) is 15.3. The summed E-state index contributed by atoms with van der Waals surface area (Å²) in [6.45, 7) is 1.76. The van der Waals surface area contributed by atoms with Crippen LogP contribution in [0.5, 0.6) is 0 Å². The Bertz CT molecular complexity index is 270. The van der Waals surface area contributed by atoms with Gasteiger partial charge < -0.3 is 11.1 Å². The van der Waals surface area contributed by atoms with Crippen molar-refractivity contribution in [3.05, 3.63) is 23.8 Å². The van der Waals surface area contributed by atoms with Crippen molar-refractivity contribution in [3.63, 3.8) is 0 Å². The van der Waals surface area contributed by atoms with Gasteiger partial charge in [0, 0.05) is 17.9 Å². The highest BCUT2D eigenvalue weighted by atomic mass is 15.1. The van der Waals surface area contributed by atoms with Crippen molar-refractivity contribution < 1.29 is 0 Å². The van der Waals surface area contributed by atoms with Crippen molar-refractivity contribution in [2.75, 3.05) is 17.7 Å². The number of rotatable bonds is 0. The molecule has 0 unspecified atom stereocenters. The Kier molecular flexibility index (Phi) is 1.43. The Balaban J connectivity index is 2.43. The second kappa shape index (κ2) is 2.43. The molecular weight excluding hydrogens is 138 g/mol. The van der Waals surface area contributed by atoms with Crippen LogP contribution in [-0.2, 0) is 6.54 Å². The zero-order chi connectivity index (χ0) is 7.68. The summed E-state index contributed by atoms with van der Waals surface area (Å²) in [6, 6.07) is 5.94. The van der Waals surface area contributed by atoms with E-state index in [1.54, 1.807) is 0 Å². The molecule has 0 spiro atoms. The van der Waals surface area contributed by atoms with Crippen molar-refractivity contribution in [3.8, 4) is 0 Å². The highest BCUT2D eigenvalue weighted by Crippen LogP contribution is 2.20. The van der Waals surface area contributed by atoms with Gasteiger partial charge in [0.1, 0.15) is 0 Å². The first-order valence-electron chi connectivity index (χ1n) is 3.69. The fraction of sp³-hybridized carbons (Fsp3) is 0.250. The lowest BCUT2D eigenvalue weighted by molar-refractivity contribution is 0.710.